The Morgan fingerprint density at radius 2 is 1.93 bits per heavy atom. The van der Waals surface area contributed by atoms with Gasteiger partial charge >= 0.3 is 0 Å². The van der Waals surface area contributed by atoms with Gasteiger partial charge in [-0.15, -0.1) is 24.0 Å². The molecule has 7 heteroatoms. The third-order valence-electron chi connectivity index (χ3n) is 4.66. The molecular formula is C22H32IN5O. The predicted molar refractivity (Wildman–Crippen MR) is 129 cm³/mol. The number of aromatic nitrogens is 1. The zero-order chi connectivity index (χ0) is 19.4. The van der Waals surface area contributed by atoms with Crippen LogP contribution in [-0.2, 0) is 24.2 Å². The van der Waals surface area contributed by atoms with E-state index >= 15 is 0 Å². The monoisotopic (exact) mass is 509 g/mol. The molecule has 2 N–H and O–H groups in total. The Morgan fingerprint density at radius 1 is 1.10 bits per heavy atom. The highest BCUT2D eigenvalue weighted by atomic mass is 127. The standard InChI is InChI=1S/C22H31N5O.HI/c1-2-23-22(25-11-9-21-8-3-4-10-24-21)26-17-19-6-5-7-20(16-19)18-27-12-14-28-15-13-27;/h3-8,10,16H,2,9,11-15,17-18H2,1H3,(H2,23,25,26);1H. The van der Waals surface area contributed by atoms with Gasteiger partial charge in [-0.1, -0.05) is 30.3 Å². The van der Waals surface area contributed by atoms with Crippen molar-refractivity contribution >= 4 is 29.9 Å². The van der Waals surface area contributed by atoms with Gasteiger partial charge in [-0.05, 0) is 30.2 Å². The largest absolute Gasteiger partial charge is 0.379 e. The summed E-state index contributed by atoms with van der Waals surface area (Å²) in [5, 5.41) is 6.71. The quantitative estimate of drug-likeness (QED) is 0.326. The zero-order valence-electron chi connectivity index (χ0n) is 17.1. The molecule has 2 aromatic rings. The summed E-state index contributed by atoms with van der Waals surface area (Å²) in [4.78, 5) is 11.5. The number of halogens is 1. The maximum absolute atomic E-state index is 5.43. The van der Waals surface area contributed by atoms with Gasteiger partial charge in [0, 0.05) is 51.0 Å². The minimum atomic E-state index is 0. The number of nitrogens with zero attached hydrogens (tertiary/aromatic N) is 3. The molecule has 0 atom stereocenters. The molecule has 1 aromatic heterocycles. The van der Waals surface area contributed by atoms with E-state index in [4.69, 9.17) is 9.73 Å². The average Bonchev–Trinajstić information content (AvgIpc) is 2.74. The van der Waals surface area contributed by atoms with Crippen LogP contribution in [0.5, 0.6) is 0 Å². The van der Waals surface area contributed by atoms with Gasteiger partial charge in [0.1, 0.15) is 0 Å². The third-order valence-corrected chi connectivity index (χ3v) is 4.66. The van der Waals surface area contributed by atoms with E-state index in [2.05, 4.69) is 51.7 Å². The summed E-state index contributed by atoms with van der Waals surface area (Å²) < 4.78 is 5.43. The number of pyridine rings is 1. The van der Waals surface area contributed by atoms with E-state index in [1.807, 2.05) is 24.4 Å². The minimum Gasteiger partial charge on any atom is -0.379 e. The van der Waals surface area contributed by atoms with Crippen LogP contribution in [-0.4, -0.2) is 55.2 Å². The first-order valence-corrected chi connectivity index (χ1v) is 10.1. The number of hydrogen-bond acceptors (Lipinski definition) is 4. The lowest BCUT2D eigenvalue weighted by Gasteiger charge is -2.26. The van der Waals surface area contributed by atoms with Crippen LogP contribution in [0.2, 0.25) is 0 Å². The van der Waals surface area contributed by atoms with Gasteiger partial charge in [0.2, 0.25) is 0 Å². The van der Waals surface area contributed by atoms with Gasteiger partial charge in [0.25, 0.3) is 0 Å². The van der Waals surface area contributed by atoms with Gasteiger partial charge in [-0.2, -0.15) is 0 Å². The number of ether oxygens (including phenoxy) is 1. The van der Waals surface area contributed by atoms with Crippen LogP contribution < -0.4 is 10.6 Å². The molecule has 0 saturated carbocycles. The molecule has 1 aliphatic heterocycles. The summed E-state index contributed by atoms with van der Waals surface area (Å²) in [6.07, 6.45) is 2.71. The molecular weight excluding hydrogens is 477 g/mol. The van der Waals surface area contributed by atoms with E-state index in [-0.39, 0.29) is 24.0 Å². The highest BCUT2D eigenvalue weighted by Gasteiger charge is 2.10. The highest BCUT2D eigenvalue weighted by Crippen LogP contribution is 2.11. The minimum absolute atomic E-state index is 0. The van der Waals surface area contributed by atoms with Crippen molar-refractivity contribution in [1.29, 1.82) is 0 Å². The Labute approximate surface area is 191 Å². The second-order valence-corrected chi connectivity index (χ2v) is 6.90. The van der Waals surface area contributed by atoms with Crippen molar-refractivity contribution in [3.63, 3.8) is 0 Å². The molecule has 1 fully saturated rings. The molecule has 0 aliphatic carbocycles. The Morgan fingerprint density at radius 3 is 2.69 bits per heavy atom. The van der Waals surface area contributed by atoms with Gasteiger partial charge in [0.05, 0.1) is 19.8 Å². The van der Waals surface area contributed by atoms with E-state index in [0.29, 0.717) is 6.54 Å². The van der Waals surface area contributed by atoms with E-state index in [1.165, 1.54) is 11.1 Å². The molecule has 0 radical (unpaired) electrons. The van der Waals surface area contributed by atoms with Crippen molar-refractivity contribution < 1.29 is 4.74 Å². The molecule has 1 saturated heterocycles. The molecule has 0 bridgehead atoms. The van der Waals surface area contributed by atoms with E-state index in [9.17, 15) is 0 Å². The molecule has 158 valence electrons. The maximum atomic E-state index is 5.43. The Kier molecular flexibility index (Phi) is 11.0. The lowest BCUT2D eigenvalue weighted by Crippen LogP contribution is -2.38. The van der Waals surface area contributed by atoms with Gasteiger partial charge in [-0.3, -0.25) is 9.88 Å². The first kappa shape index (κ1) is 23.6. The summed E-state index contributed by atoms with van der Waals surface area (Å²) in [7, 11) is 0. The topological polar surface area (TPSA) is 61.8 Å². The molecule has 1 aliphatic rings. The summed E-state index contributed by atoms with van der Waals surface area (Å²) in [6, 6.07) is 14.7. The van der Waals surface area contributed by atoms with Crippen molar-refractivity contribution in [2.24, 2.45) is 4.99 Å². The Balaban J connectivity index is 0.00000300. The smallest absolute Gasteiger partial charge is 0.191 e. The fourth-order valence-electron chi connectivity index (χ4n) is 3.21. The van der Waals surface area contributed by atoms with Crippen LogP contribution in [0.25, 0.3) is 0 Å². The fraction of sp³-hybridized carbons (Fsp3) is 0.455. The van der Waals surface area contributed by atoms with Crippen LogP contribution in [0, 0.1) is 0 Å². The first-order chi connectivity index (χ1) is 13.8. The molecule has 0 spiro atoms. The number of morpholine rings is 1. The number of benzene rings is 1. The third kappa shape index (κ3) is 8.67. The maximum Gasteiger partial charge on any atom is 0.191 e. The van der Waals surface area contributed by atoms with Crippen molar-refractivity contribution in [2.45, 2.75) is 26.4 Å². The number of aliphatic imine (C=N–C) groups is 1. The zero-order valence-corrected chi connectivity index (χ0v) is 19.5. The molecule has 6 nitrogen and oxygen atoms in total. The van der Waals surface area contributed by atoms with E-state index in [0.717, 1.165) is 64.0 Å². The molecule has 1 aromatic carbocycles. The lowest BCUT2D eigenvalue weighted by atomic mass is 10.1. The molecule has 0 amide bonds. The average molecular weight is 509 g/mol. The van der Waals surface area contributed by atoms with E-state index < -0.39 is 0 Å². The SMILES string of the molecule is CCNC(=NCc1cccc(CN2CCOCC2)c1)NCCc1ccccn1.I. The molecule has 2 heterocycles. The number of hydrogen-bond donors (Lipinski definition) is 2. The Bertz CT molecular complexity index is 735. The molecule has 0 unspecified atom stereocenters. The normalized spacial score (nSPS) is 14.9. The van der Waals surface area contributed by atoms with Gasteiger partial charge < -0.3 is 15.4 Å². The van der Waals surface area contributed by atoms with Crippen LogP contribution in [0.3, 0.4) is 0 Å². The van der Waals surface area contributed by atoms with Crippen molar-refractivity contribution in [2.75, 3.05) is 39.4 Å². The van der Waals surface area contributed by atoms with Crippen molar-refractivity contribution in [1.82, 2.24) is 20.5 Å². The van der Waals surface area contributed by atoms with Crippen LogP contribution in [0.15, 0.2) is 53.7 Å². The molecule has 29 heavy (non-hydrogen) atoms. The number of guanidine groups is 1. The summed E-state index contributed by atoms with van der Waals surface area (Å²) in [5.74, 6) is 0.844. The second-order valence-electron chi connectivity index (χ2n) is 6.90. The number of nitrogens with one attached hydrogen (secondary N) is 2. The lowest BCUT2D eigenvalue weighted by molar-refractivity contribution is 0.0342. The van der Waals surface area contributed by atoms with Crippen LogP contribution >= 0.6 is 24.0 Å². The fourth-order valence-corrected chi connectivity index (χ4v) is 3.21. The second kappa shape index (κ2) is 13.5. The summed E-state index contributed by atoms with van der Waals surface area (Å²) in [6.45, 7) is 9.05. The Hall–Kier alpha value is -1.71. The van der Waals surface area contributed by atoms with Crippen LogP contribution in [0.1, 0.15) is 23.7 Å². The number of rotatable bonds is 8. The van der Waals surface area contributed by atoms with Gasteiger partial charge in [-0.25, -0.2) is 4.99 Å². The van der Waals surface area contributed by atoms with Crippen molar-refractivity contribution in [3.05, 3.63) is 65.5 Å². The molecule has 3 rings (SSSR count). The summed E-state index contributed by atoms with van der Waals surface area (Å²) >= 11 is 0. The first-order valence-electron chi connectivity index (χ1n) is 10.1. The van der Waals surface area contributed by atoms with Crippen molar-refractivity contribution in [3.8, 4) is 0 Å². The van der Waals surface area contributed by atoms with E-state index in [1.54, 1.807) is 0 Å². The van der Waals surface area contributed by atoms with Gasteiger partial charge in [0.15, 0.2) is 5.96 Å². The predicted octanol–water partition coefficient (Wildman–Crippen LogP) is 2.83. The summed E-state index contributed by atoms with van der Waals surface area (Å²) in [5.41, 5.74) is 3.65. The highest BCUT2D eigenvalue weighted by molar-refractivity contribution is 14.0. The van der Waals surface area contributed by atoms with Crippen LogP contribution in [0.4, 0.5) is 0 Å².